The molecule has 0 atom stereocenters. The van der Waals surface area contributed by atoms with Crippen LogP contribution in [0.5, 0.6) is 0 Å². The van der Waals surface area contributed by atoms with Crippen molar-refractivity contribution in [3.63, 3.8) is 0 Å². The minimum atomic E-state index is -3.38. The number of hydrogen-bond donors (Lipinski definition) is 1. The molecule has 0 amide bonds. The van der Waals surface area contributed by atoms with E-state index < -0.39 is 9.84 Å². The van der Waals surface area contributed by atoms with Crippen molar-refractivity contribution >= 4 is 26.4 Å². The van der Waals surface area contributed by atoms with Gasteiger partial charge in [-0.1, -0.05) is 24.6 Å². The average Bonchev–Trinajstić information content (AvgIpc) is 2.93. The van der Waals surface area contributed by atoms with Gasteiger partial charge in [-0.25, -0.2) is 8.42 Å². The van der Waals surface area contributed by atoms with Crippen LogP contribution < -0.4 is 10.6 Å². The molecule has 0 spiro atoms. The number of rotatable bonds is 5. The summed E-state index contributed by atoms with van der Waals surface area (Å²) in [4.78, 5) is 6.32. The maximum absolute atomic E-state index is 12.0. The highest BCUT2D eigenvalue weighted by Crippen LogP contribution is 2.35. The third-order valence-corrected chi connectivity index (χ3v) is 6.40. The summed E-state index contributed by atoms with van der Waals surface area (Å²) in [6.45, 7) is 0.528. The molecule has 1 fully saturated rings. The molecule has 1 saturated carbocycles. The van der Waals surface area contributed by atoms with E-state index in [4.69, 9.17) is 10.6 Å². The quantitative estimate of drug-likeness (QED) is 0.668. The van der Waals surface area contributed by atoms with Crippen molar-refractivity contribution in [2.45, 2.75) is 24.2 Å². The Morgan fingerprint density at radius 3 is 2.50 bits per heavy atom. The van der Waals surface area contributed by atoms with Crippen molar-refractivity contribution in [3.8, 4) is 17.3 Å². The van der Waals surface area contributed by atoms with Gasteiger partial charge in [-0.05, 0) is 43.0 Å². The SMILES string of the molecule is CS(=O)(=O)c1ccc2c(C#N)c(-c3ccc(N)cc3)n(OCC3CCC3)c2c1. The van der Waals surface area contributed by atoms with Crippen LogP contribution in [-0.4, -0.2) is 26.0 Å². The minimum absolute atomic E-state index is 0.194. The molecule has 1 heterocycles. The fraction of sp³-hybridized carbons (Fsp3) is 0.286. The summed E-state index contributed by atoms with van der Waals surface area (Å²) in [6, 6.07) is 14.3. The second kappa shape index (κ2) is 6.88. The van der Waals surface area contributed by atoms with Gasteiger partial charge in [0, 0.05) is 22.9 Å². The van der Waals surface area contributed by atoms with Gasteiger partial charge in [0.15, 0.2) is 9.84 Å². The Labute approximate surface area is 164 Å². The zero-order chi connectivity index (χ0) is 19.9. The molecule has 0 bridgehead atoms. The van der Waals surface area contributed by atoms with Crippen molar-refractivity contribution in [1.29, 1.82) is 5.26 Å². The van der Waals surface area contributed by atoms with Gasteiger partial charge in [-0.3, -0.25) is 0 Å². The first-order valence-corrected chi connectivity index (χ1v) is 11.1. The molecule has 144 valence electrons. The van der Waals surface area contributed by atoms with Crippen molar-refractivity contribution in [2.24, 2.45) is 5.92 Å². The molecule has 4 rings (SSSR count). The lowest BCUT2D eigenvalue weighted by Crippen LogP contribution is -2.25. The van der Waals surface area contributed by atoms with Gasteiger partial charge in [-0.15, -0.1) is 0 Å². The number of nitrogen functional groups attached to an aromatic ring is 1. The molecule has 0 aliphatic heterocycles. The van der Waals surface area contributed by atoms with Crippen molar-refractivity contribution in [2.75, 3.05) is 18.6 Å². The van der Waals surface area contributed by atoms with E-state index >= 15 is 0 Å². The zero-order valence-corrected chi connectivity index (χ0v) is 16.4. The molecule has 2 N–H and O–H groups in total. The summed E-state index contributed by atoms with van der Waals surface area (Å²) in [5.41, 5.74) is 8.86. The highest BCUT2D eigenvalue weighted by molar-refractivity contribution is 7.90. The molecule has 6 nitrogen and oxygen atoms in total. The topological polar surface area (TPSA) is 98.1 Å². The van der Waals surface area contributed by atoms with Gasteiger partial charge in [0.05, 0.1) is 16.0 Å². The molecule has 0 saturated heterocycles. The lowest BCUT2D eigenvalue weighted by molar-refractivity contribution is 0.0647. The molecule has 1 aliphatic rings. The first-order chi connectivity index (χ1) is 13.4. The zero-order valence-electron chi connectivity index (χ0n) is 15.6. The lowest BCUT2D eigenvalue weighted by atomic mass is 9.86. The smallest absolute Gasteiger partial charge is 0.175 e. The van der Waals surface area contributed by atoms with Gasteiger partial charge in [-0.2, -0.15) is 9.99 Å². The molecule has 2 aromatic carbocycles. The molecule has 0 radical (unpaired) electrons. The number of nitrogens with zero attached hydrogens (tertiary/aromatic N) is 2. The van der Waals surface area contributed by atoms with Crippen LogP contribution in [0.2, 0.25) is 0 Å². The second-order valence-electron chi connectivity index (χ2n) is 7.30. The number of sulfone groups is 1. The predicted octanol–water partition coefficient (Wildman–Crippen LogP) is 3.39. The van der Waals surface area contributed by atoms with Crippen LogP contribution in [0.3, 0.4) is 0 Å². The van der Waals surface area contributed by atoms with Gasteiger partial charge < -0.3 is 10.6 Å². The third kappa shape index (κ3) is 3.20. The fourth-order valence-corrected chi connectivity index (χ4v) is 4.10. The van der Waals surface area contributed by atoms with Gasteiger partial charge in [0.25, 0.3) is 0 Å². The number of fused-ring (bicyclic) bond motifs is 1. The summed E-state index contributed by atoms with van der Waals surface area (Å²) in [7, 11) is -3.38. The Balaban J connectivity index is 1.95. The average molecular weight is 395 g/mol. The Kier molecular flexibility index (Phi) is 4.52. The van der Waals surface area contributed by atoms with Crippen LogP contribution in [0.15, 0.2) is 47.4 Å². The molecule has 1 aromatic heterocycles. The van der Waals surface area contributed by atoms with Crippen LogP contribution in [0.1, 0.15) is 24.8 Å². The Morgan fingerprint density at radius 1 is 1.21 bits per heavy atom. The maximum atomic E-state index is 12.0. The highest BCUT2D eigenvalue weighted by atomic mass is 32.2. The molecular weight excluding hydrogens is 374 g/mol. The van der Waals surface area contributed by atoms with E-state index in [1.807, 2.05) is 12.1 Å². The first-order valence-electron chi connectivity index (χ1n) is 9.16. The van der Waals surface area contributed by atoms with E-state index in [2.05, 4.69) is 6.07 Å². The molecule has 3 aromatic rings. The fourth-order valence-electron chi connectivity index (χ4n) is 3.46. The van der Waals surface area contributed by atoms with E-state index in [1.165, 1.54) is 18.7 Å². The standard InChI is InChI=1S/C21H21N3O3S/c1-28(25,26)17-9-10-18-19(12-22)21(15-5-7-16(23)8-6-15)24(20(18)11-17)27-13-14-3-2-4-14/h5-11,14H,2-4,13,23H2,1H3. The molecule has 0 unspecified atom stereocenters. The van der Waals surface area contributed by atoms with Crippen LogP contribution in [-0.2, 0) is 9.84 Å². The lowest BCUT2D eigenvalue weighted by Gasteiger charge is -2.26. The van der Waals surface area contributed by atoms with Crippen LogP contribution in [0, 0.1) is 17.2 Å². The largest absolute Gasteiger partial charge is 0.413 e. The van der Waals surface area contributed by atoms with Crippen molar-refractivity contribution < 1.29 is 13.3 Å². The summed E-state index contributed by atoms with van der Waals surface area (Å²) >= 11 is 0. The first kappa shape index (κ1) is 18.4. The van der Waals surface area contributed by atoms with E-state index in [-0.39, 0.29) is 4.90 Å². The molecular formula is C21H21N3O3S. The molecule has 7 heteroatoms. The summed E-state index contributed by atoms with van der Waals surface area (Å²) in [5, 5.41) is 10.5. The number of benzene rings is 2. The number of nitriles is 1. The van der Waals surface area contributed by atoms with Gasteiger partial charge in [0.1, 0.15) is 18.4 Å². The molecule has 28 heavy (non-hydrogen) atoms. The van der Waals surface area contributed by atoms with E-state index in [1.54, 1.807) is 29.0 Å². The highest BCUT2D eigenvalue weighted by Gasteiger charge is 2.24. The second-order valence-corrected chi connectivity index (χ2v) is 9.31. The van der Waals surface area contributed by atoms with E-state index in [0.717, 1.165) is 18.4 Å². The normalized spacial score (nSPS) is 14.6. The van der Waals surface area contributed by atoms with Crippen molar-refractivity contribution in [3.05, 3.63) is 48.0 Å². The minimum Gasteiger partial charge on any atom is -0.413 e. The molecule has 1 aliphatic carbocycles. The van der Waals surface area contributed by atoms with Crippen LogP contribution in [0.4, 0.5) is 5.69 Å². The number of hydrogen-bond acceptors (Lipinski definition) is 5. The monoisotopic (exact) mass is 395 g/mol. The Bertz CT molecular complexity index is 1180. The van der Waals surface area contributed by atoms with E-state index in [9.17, 15) is 13.7 Å². The van der Waals surface area contributed by atoms with E-state index in [0.29, 0.717) is 40.4 Å². The maximum Gasteiger partial charge on any atom is 0.175 e. The summed E-state index contributed by atoms with van der Waals surface area (Å²) in [6.07, 6.45) is 4.61. The van der Waals surface area contributed by atoms with Crippen LogP contribution >= 0.6 is 0 Å². The third-order valence-electron chi connectivity index (χ3n) is 5.29. The summed E-state index contributed by atoms with van der Waals surface area (Å²) in [5.74, 6) is 0.486. The Morgan fingerprint density at radius 2 is 1.93 bits per heavy atom. The number of nitrogens with two attached hydrogens (primary N) is 1. The van der Waals surface area contributed by atoms with Crippen LogP contribution in [0.25, 0.3) is 22.2 Å². The number of anilines is 1. The Hall–Kier alpha value is -2.98. The summed E-state index contributed by atoms with van der Waals surface area (Å²) < 4.78 is 25.7. The number of aromatic nitrogens is 1. The predicted molar refractivity (Wildman–Crippen MR) is 108 cm³/mol. The van der Waals surface area contributed by atoms with Gasteiger partial charge in [0.2, 0.25) is 0 Å². The van der Waals surface area contributed by atoms with Crippen molar-refractivity contribution in [1.82, 2.24) is 4.73 Å². The van der Waals surface area contributed by atoms with Gasteiger partial charge >= 0.3 is 0 Å².